The molecule has 2 atom stereocenters. The zero-order chi connectivity index (χ0) is 12.0. The van der Waals surface area contributed by atoms with Gasteiger partial charge in [-0.1, -0.05) is 20.8 Å². The summed E-state index contributed by atoms with van der Waals surface area (Å²) >= 11 is 2.10. The van der Waals surface area contributed by atoms with Crippen LogP contribution in [0.4, 0.5) is 0 Å². The topological polar surface area (TPSA) is 15.3 Å². The summed E-state index contributed by atoms with van der Waals surface area (Å²) in [6, 6.07) is 0.770. The average Bonchev–Trinajstić information content (AvgIpc) is 2.21. The molecule has 1 rings (SSSR count). The van der Waals surface area contributed by atoms with Gasteiger partial charge in [0.1, 0.15) is 0 Å². The molecule has 0 bridgehead atoms. The highest BCUT2D eigenvalue weighted by Crippen LogP contribution is 2.16. The van der Waals surface area contributed by atoms with Crippen LogP contribution in [0.25, 0.3) is 0 Å². The quantitative estimate of drug-likeness (QED) is 0.772. The molecule has 0 aromatic rings. The van der Waals surface area contributed by atoms with Crippen LogP contribution in [-0.4, -0.2) is 48.6 Å². The fraction of sp³-hybridized carbons (Fsp3) is 1.00. The molecule has 1 N–H and O–H groups in total. The zero-order valence-corrected chi connectivity index (χ0v) is 12.1. The highest BCUT2D eigenvalue weighted by molar-refractivity contribution is 7.99. The minimum absolute atomic E-state index is 0.762. The molecule has 0 spiro atoms. The van der Waals surface area contributed by atoms with Gasteiger partial charge in [-0.3, -0.25) is 4.90 Å². The Morgan fingerprint density at radius 3 is 2.69 bits per heavy atom. The Morgan fingerprint density at radius 1 is 1.31 bits per heavy atom. The molecule has 1 fully saturated rings. The van der Waals surface area contributed by atoms with Gasteiger partial charge < -0.3 is 5.32 Å². The van der Waals surface area contributed by atoms with Crippen molar-refractivity contribution in [2.24, 2.45) is 11.8 Å². The van der Waals surface area contributed by atoms with Gasteiger partial charge in [0.25, 0.3) is 0 Å². The number of hydrogen-bond acceptors (Lipinski definition) is 3. The summed E-state index contributed by atoms with van der Waals surface area (Å²) in [5.74, 6) is 4.16. The van der Waals surface area contributed by atoms with E-state index in [2.05, 4.69) is 49.7 Å². The summed E-state index contributed by atoms with van der Waals surface area (Å²) in [5, 5.41) is 3.56. The Morgan fingerprint density at radius 2 is 2.06 bits per heavy atom. The van der Waals surface area contributed by atoms with Crippen molar-refractivity contribution in [1.29, 1.82) is 0 Å². The Bertz CT molecular complexity index is 185. The van der Waals surface area contributed by atoms with Crippen molar-refractivity contribution >= 4 is 11.8 Å². The summed E-state index contributed by atoms with van der Waals surface area (Å²) in [4.78, 5) is 2.65. The first-order valence-electron chi connectivity index (χ1n) is 6.62. The second-order valence-electron chi connectivity index (χ2n) is 5.58. The fourth-order valence-electron chi connectivity index (χ4n) is 2.12. The maximum atomic E-state index is 3.56. The first-order valence-corrected chi connectivity index (χ1v) is 7.77. The summed E-state index contributed by atoms with van der Waals surface area (Å²) in [6.07, 6.45) is 0. The standard InChI is InChI=1S/C13H28N2S/c1-11(2)7-14-8-12(3)9-15-5-6-16-10-13(15)4/h11-14H,5-10H2,1-4H3. The molecular weight excluding hydrogens is 216 g/mol. The van der Waals surface area contributed by atoms with Crippen molar-refractivity contribution in [2.45, 2.75) is 33.7 Å². The molecule has 0 aromatic carbocycles. The van der Waals surface area contributed by atoms with Crippen molar-refractivity contribution in [3.8, 4) is 0 Å². The summed E-state index contributed by atoms with van der Waals surface area (Å²) in [7, 11) is 0. The van der Waals surface area contributed by atoms with E-state index in [0.29, 0.717) is 0 Å². The van der Waals surface area contributed by atoms with Crippen LogP contribution in [0.1, 0.15) is 27.7 Å². The van der Waals surface area contributed by atoms with E-state index in [4.69, 9.17) is 0 Å². The lowest BCUT2D eigenvalue weighted by Crippen LogP contribution is -2.44. The van der Waals surface area contributed by atoms with Gasteiger partial charge in [0, 0.05) is 30.6 Å². The molecule has 0 aliphatic carbocycles. The third kappa shape index (κ3) is 5.55. The molecule has 0 amide bonds. The van der Waals surface area contributed by atoms with Crippen LogP contribution in [0, 0.1) is 11.8 Å². The maximum Gasteiger partial charge on any atom is 0.0158 e. The van der Waals surface area contributed by atoms with E-state index in [-0.39, 0.29) is 0 Å². The van der Waals surface area contributed by atoms with E-state index < -0.39 is 0 Å². The Kier molecular flexibility index (Phi) is 6.78. The van der Waals surface area contributed by atoms with Gasteiger partial charge in [-0.15, -0.1) is 0 Å². The van der Waals surface area contributed by atoms with Crippen LogP contribution in [0.5, 0.6) is 0 Å². The van der Waals surface area contributed by atoms with Crippen LogP contribution in [0.2, 0.25) is 0 Å². The number of hydrogen-bond donors (Lipinski definition) is 1. The molecule has 2 nitrogen and oxygen atoms in total. The molecular formula is C13H28N2S. The number of thioether (sulfide) groups is 1. The van der Waals surface area contributed by atoms with E-state index in [1.54, 1.807) is 0 Å². The molecule has 0 radical (unpaired) electrons. The minimum Gasteiger partial charge on any atom is -0.316 e. The molecule has 3 heteroatoms. The Labute approximate surface area is 106 Å². The summed E-state index contributed by atoms with van der Waals surface area (Å²) in [6.45, 7) is 14.1. The van der Waals surface area contributed by atoms with Crippen molar-refractivity contribution in [1.82, 2.24) is 10.2 Å². The molecule has 16 heavy (non-hydrogen) atoms. The lowest BCUT2D eigenvalue weighted by atomic mass is 10.1. The first-order chi connectivity index (χ1) is 7.59. The van der Waals surface area contributed by atoms with Crippen LogP contribution < -0.4 is 5.32 Å². The first kappa shape index (κ1) is 14.3. The number of nitrogens with zero attached hydrogens (tertiary/aromatic N) is 1. The van der Waals surface area contributed by atoms with Crippen LogP contribution in [0.3, 0.4) is 0 Å². The van der Waals surface area contributed by atoms with Gasteiger partial charge in [0.05, 0.1) is 0 Å². The molecule has 1 aliphatic heterocycles. The van der Waals surface area contributed by atoms with Gasteiger partial charge in [-0.2, -0.15) is 11.8 Å². The number of rotatable bonds is 6. The molecule has 1 heterocycles. The van der Waals surface area contributed by atoms with E-state index in [9.17, 15) is 0 Å². The lowest BCUT2D eigenvalue weighted by Gasteiger charge is -2.34. The second-order valence-corrected chi connectivity index (χ2v) is 6.73. The zero-order valence-electron chi connectivity index (χ0n) is 11.3. The maximum absolute atomic E-state index is 3.56. The average molecular weight is 244 g/mol. The lowest BCUT2D eigenvalue weighted by molar-refractivity contribution is 0.199. The van der Waals surface area contributed by atoms with Crippen molar-refractivity contribution < 1.29 is 0 Å². The monoisotopic (exact) mass is 244 g/mol. The molecule has 1 saturated heterocycles. The molecule has 96 valence electrons. The Balaban J connectivity index is 2.14. The van der Waals surface area contributed by atoms with E-state index >= 15 is 0 Å². The van der Waals surface area contributed by atoms with Gasteiger partial charge >= 0.3 is 0 Å². The smallest absolute Gasteiger partial charge is 0.0158 e. The summed E-state index contributed by atoms with van der Waals surface area (Å²) < 4.78 is 0. The van der Waals surface area contributed by atoms with Gasteiger partial charge in [-0.05, 0) is 31.8 Å². The van der Waals surface area contributed by atoms with Crippen molar-refractivity contribution in [3.63, 3.8) is 0 Å². The highest BCUT2D eigenvalue weighted by Gasteiger charge is 2.19. The third-order valence-corrected chi connectivity index (χ3v) is 4.29. The molecule has 2 unspecified atom stereocenters. The highest BCUT2D eigenvalue weighted by atomic mass is 32.2. The molecule has 1 aliphatic rings. The fourth-order valence-corrected chi connectivity index (χ4v) is 3.20. The second kappa shape index (κ2) is 7.57. The normalized spacial score (nSPS) is 24.9. The van der Waals surface area contributed by atoms with E-state index in [1.807, 2.05) is 0 Å². The predicted molar refractivity (Wildman–Crippen MR) is 75.2 cm³/mol. The number of nitrogens with one attached hydrogen (secondary N) is 1. The van der Waals surface area contributed by atoms with Crippen LogP contribution in [-0.2, 0) is 0 Å². The van der Waals surface area contributed by atoms with Crippen molar-refractivity contribution in [2.75, 3.05) is 37.7 Å². The minimum atomic E-state index is 0.762. The van der Waals surface area contributed by atoms with Crippen LogP contribution in [0.15, 0.2) is 0 Å². The van der Waals surface area contributed by atoms with Gasteiger partial charge in [0.15, 0.2) is 0 Å². The van der Waals surface area contributed by atoms with Crippen molar-refractivity contribution in [3.05, 3.63) is 0 Å². The molecule has 0 aromatic heterocycles. The Hall–Kier alpha value is 0.270. The summed E-state index contributed by atoms with van der Waals surface area (Å²) in [5.41, 5.74) is 0. The van der Waals surface area contributed by atoms with E-state index in [0.717, 1.165) is 31.0 Å². The van der Waals surface area contributed by atoms with E-state index in [1.165, 1.54) is 24.6 Å². The SMILES string of the molecule is CC(C)CNCC(C)CN1CCSCC1C. The van der Waals surface area contributed by atoms with Crippen LogP contribution >= 0.6 is 11.8 Å². The third-order valence-electron chi connectivity index (χ3n) is 3.10. The van der Waals surface area contributed by atoms with Gasteiger partial charge in [-0.25, -0.2) is 0 Å². The predicted octanol–water partition coefficient (Wildman–Crippen LogP) is 2.31. The largest absolute Gasteiger partial charge is 0.316 e. The van der Waals surface area contributed by atoms with Gasteiger partial charge in [0.2, 0.25) is 0 Å². The molecule has 0 saturated carbocycles.